The van der Waals surface area contributed by atoms with E-state index >= 15 is 0 Å². The second-order valence-corrected chi connectivity index (χ2v) is 9.51. The largest absolute Gasteiger partial charge is 0.337 e. The molecular formula is C29H21FN8O2. The number of pyridine rings is 1. The lowest BCUT2D eigenvalue weighted by Gasteiger charge is -2.32. The van der Waals surface area contributed by atoms with Crippen molar-refractivity contribution in [3.8, 4) is 29.1 Å². The monoisotopic (exact) mass is 532 g/mol. The van der Waals surface area contributed by atoms with Crippen LogP contribution in [0.2, 0.25) is 0 Å². The third-order valence-corrected chi connectivity index (χ3v) is 7.17. The summed E-state index contributed by atoms with van der Waals surface area (Å²) in [7, 11) is 0. The highest BCUT2D eigenvalue weighted by atomic mass is 19.1. The van der Waals surface area contributed by atoms with E-state index in [1.54, 1.807) is 64.3 Å². The molecule has 0 atom stereocenters. The molecule has 196 valence electrons. The molecule has 0 unspecified atom stereocenters. The Kier molecular flexibility index (Phi) is 6.17. The van der Waals surface area contributed by atoms with E-state index in [9.17, 15) is 19.2 Å². The molecule has 10 nitrogen and oxygen atoms in total. The van der Waals surface area contributed by atoms with Crippen molar-refractivity contribution in [2.75, 3.05) is 13.1 Å². The van der Waals surface area contributed by atoms with Gasteiger partial charge in [-0.25, -0.2) is 13.9 Å². The number of hydrogen-bond donors (Lipinski definition) is 1. The molecule has 0 spiro atoms. The molecule has 6 rings (SSSR count). The lowest BCUT2D eigenvalue weighted by Crippen LogP contribution is -2.40. The van der Waals surface area contributed by atoms with Gasteiger partial charge in [-0.15, -0.1) is 0 Å². The Morgan fingerprint density at radius 3 is 2.58 bits per heavy atom. The molecule has 11 heteroatoms. The molecule has 4 heterocycles. The van der Waals surface area contributed by atoms with Crippen LogP contribution in [0.1, 0.15) is 40.5 Å². The van der Waals surface area contributed by atoms with Gasteiger partial charge in [-0.05, 0) is 61.4 Å². The van der Waals surface area contributed by atoms with Crippen LogP contribution in [0.15, 0.2) is 71.8 Å². The van der Waals surface area contributed by atoms with Crippen LogP contribution in [0.4, 0.5) is 4.39 Å². The van der Waals surface area contributed by atoms with Gasteiger partial charge in [-0.1, -0.05) is 0 Å². The Morgan fingerprint density at radius 2 is 1.88 bits per heavy atom. The first-order chi connectivity index (χ1) is 19.5. The number of benzene rings is 2. The Bertz CT molecular complexity index is 1900. The van der Waals surface area contributed by atoms with E-state index < -0.39 is 5.82 Å². The molecule has 1 saturated heterocycles. The maximum absolute atomic E-state index is 14.5. The third kappa shape index (κ3) is 4.29. The number of H-pyrrole nitrogens is 1. The van der Waals surface area contributed by atoms with Gasteiger partial charge in [0.05, 0.1) is 39.6 Å². The topological polar surface area (TPSA) is 136 Å². The van der Waals surface area contributed by atoms with Crippen molar-refractivity contribution in [3.05, 3.63) is 100 Å². The number of nitrogens with zero attached hydrogens (tertiary/aromatic N) is 7. The Morgan fingerprint density at radius 1 is 1.05 bits per heavy atom. The highest BCUT2D eigenvalue weighted by molar-refractivity contribution is 5.93. The van der Waals surface area contributed by atoms with Crippen molar-refractivity contribution >= 4 is 16.9 Å². The average molecular weight is 533 g/mol. The third-order valence-electron chi connectivity index (χ3n) is 7.17. The van der Waals surface area contributed by atoms with Crippen molar-refractivity contribution in [1.29, 1.82) is 10.5 Å². The summed E-state index contributed by atoms with van der Waals surface area (Å²) in [6.07, 6.45) is 4.35. The number of nitrogens with one attached hydrogen (secondary N) is 1. The fourth-order valence-corrected chi connectivity index (χ4v) is 5.17. The number of likely N-dealkylation sites (tertiary alicyclic amines) is 1. The molecule has 5 aromatic rings. The van der Waals surface area contributed by atoms with Crippen LogP contribution in [0.5, 0.6) is 0 Å². The van der Waals surface area contributed by atoms with Gasteiger partial charge in [0.2, 0.25) is 0 Å². The number of halogens is 1. The van der Waals surface area contributed by atoms with E-state index in [0.29, 0.717) is 59.5 Å². The number of hydrogen-bond acceptors (Lipinski definition) is 6. The molecule has 1 amide bonds. The van der Waals surface area contributed by atoms with Gasteiger partial charge < -0.3 is 9.88 Å². The quantitative estimate of drug-likeness (QED) is 0.372. The first kappa shape index (κ1) is 24.8. The van der Waals surface area contributed by atoms with Crippen LogP contribution >= 0.6 is 0 Å². The first-order valence-corrected chi connectivity index (χ1v) is 12.6. The second-order valence-electron chi connectivity index (χ2n) is 9.51. The van der Waals surface area contributed by atoms with E-state index in [1.165, 1.54) is 16.8 Å². The average Bonchev–Trinajstić information content (AvgIpc) is 3.58. The minimum absolute atomic E-state index is 0.0869. The predicted octanol–water partition coefficient (Wildman–Crippen LogP) is 3.94. The summed E-state index contributed by atoms with van der Waals surface area (Å²) in [5.41, 5.74) is 3.25. The van der Waals surface area contributed by atoms with Crippen LogP contribution in [0, 0.1) is 28.5 Å². The highest BCUT2D eigenvalue weighted by Gasteiger charge is 2.29. The van der Waals surface area contributed by atoms with Gasteiger partial charge in [0, 0.05) is 43.2 Å². The number of carbonyl (C=O) groups excluding carboxylic acids is 1. The summed E-state index contributed by atoms with van der Waals surface area (Å²) >= 11 is 0. The highest BCUT2D eigenvalue weighted by Crippen LogP contribution is 2.28. The molecule has 0 saturated carbocycles. The molecule has 2 aromatic carbocycles. The minimum atomic E-state index is -0.683. The van der Waals surface area contributed by atoms with Gasteiger partial charge in [0.1, 0.15) is 11.9 Å². The van der Waals surface area contributed by atoms with Crippen LogP contribution in [0.25, 0.3) is 28.0 Å². The lowest BCUT2D eigenvalue weighted by molar-refractivity contribution is 0.0688. The van der Waals surface area contributed by atoms with E-state index in [2.05, 4.69) is 21.1 Å². The smallest absolute Gasteiger partial charge is 0.326 e. The molecule has 3 aromatic heterocycles. The molecule has 1 fully saturated rings. The van der Waals surface area contributed by atoms with E-state index in [-0.39, 0.29) is 28.9 Å². The molecule has 40 heavy (non-hydrogen) atoms. The number of nitriles is 2. The van der Waals surface area contributed by atoms with E-state index in [1.807, 2.05) is 6.07 Å². The van der Waals surface area contributed by atoms with E-state index in [4.69, 9.17) is 5.26 Å². The number of aromatic amines is 1. The van der Waals surface area contributed by atoms with Gasteiger partial charge in [0.15, 0.2) is 5.69 Å². The van der Waals surface area contributed by atoms with Gasteiger partial charge >= 0.3 is 5.69 Å². The van der Waals surface area contributed by atoms with Crippen molar-refractivity contribution in [2.24, 2.45) is 0 Å². The number of amides is 1. The molecule has 0 radical (unpaired) electrons. The van der Waals surface area contributed by atoms with Crippen molar-refractivity contribution in [1.82, 2.24) is 29.2 Å². The van der Waals surface area contributed by atoms with Crippen molar-refractivity contribution in [3.63, 3.8) is 0 Å². The van der Waals surface area contributed by atoms with Gasteiger partial charge in [-0.2, -0.15) is 15.6 Å². The van der Waals surface area contributed by atoms with Crippen LogP contribution in [-0.2, 0) is 0 Å². The standard InChI is InChI=1S/C29H21FN8O2/c30-23-13-22(5-4-19(23)16-32)38-26(20-2-1-9-33-17-20)14-25(35-38)28(39)36-10-7-21(8-11-36)37-27-12-18(15-31)3-6-24(27)34-29(37)40/h1-6,9,12-14,17,21H,7-8,10-11H2,(H,34,40). The predicted molar refractivity (Wildman–Crippen MR) is 143 cm³/mol. The van der Waals surface area contributed by atoms with Crippen LogP contribution < -0.4 is 5.69 Å². The van der Waals surface area contributed by atoms with E-state index in [0.717, 1.165) is 0 Å². The number of imidazole rings is 1. The molecule has 0 aliphatic carbocycles. The van der Waals surface area contributed by atoms with Gasteiger partial charge in [-0.3, -0.25) is 14.3 Å². The zero-order valence-corrected chi connectivity index (χ0v) is 21.1. The maximum Gasteiger partial charge on any atom is 0.326 e. The number of rotatable bonds is 4. The molecule has 1 aliphatic heterocycles. The molecule has 1 N–H and O–H groups in total. The van der Waals surface area contributed by atoms with Crippen LogP contribution in [0.3, 0.4) is 0 Å². The zero-order chi connectivity index (χ0) is 27.8. The number of fused-ring (bicyclic) bond motifs is 1. The first-order valence-electron chi connectivity index (χ1n) is 12.6. The minimum Gasteiger partial charge on any atom is -0.337 e. The number of aromatic nitrogens is 5. The molecule has 0 bridgehead atoms. The van der Waals surface area contributed by atoms with Crippen molar-refractivity contribution in [2.45, 2.75) is 18.9 Å². The normalized spacial score (nSPS) is 13.7. The maximum atomic E-state index is 14.5. The Hall–Kier alpha value is -5.55. The van der Waals surface area contributed by atoms with Gasteiger partial charge in [0.25, 0.3) is 5.91 Å². The fourth-order valence-electron chi connectivity index (χ4n) is 5.17. The lowest BCUT2D eigenvalue weighted by atomic mass is 10.0. The SMILES string of the molecule is N#Cc1ccc2[nH]c(=O)n(C3CCN(C(=O)c4cc(-c5cccnc5)n(-c5ccc(C#N)c(F)c5)n4)CC3)c2c1. The summed E-state index contributed by atoms with van der Waals surface area (Å²) in [6.45, 7) is 0.808. The summed E-state index contributed by atoms with van der Waals surface area (Å²) < 4.78 is 17.6. The molecule has 1 aliphatic rings. The van der Waals surface area contributed by atoms with Crippen LogP contribution in [-0.4, -0.2) is 48.2 Å². The summed E-state index contributed by atoms with van der Waals surface area (Å²) in [4.78, 5) is 35.0. The summed E-state index contributed by atoms with van der Waals surface area (Å²) in [5, 5.41) is 22.9. The number of piperidine rings is 1. The second kappa shape index (κ2) is 9.97. The number of carbonyl (C=O) groups is 1. The summed E-state index contributed by atoms with van der Waals surface area (Å²) in [5.74, 6) is -0.966. The molecular weight excluding hydrogens is 511 g/mol. The Balaban J connectivity index is 1.28. The summed E-state index contributed by atoms with van der Waals surface area (Å²) in [6, 6.07) is 18.2. The Labute approximate surface area is 227 Å². The van der Waals surface area contributed by atoms with Crippen molar-refractivity contribution < 1.29 is 9.18 Å². The zero-order valence-electron chi connectivity index (χ0n) is 21.1. The fraction of sp³-hybridized carbons (Fsp3) is 0.172.